The molecule has 3 heteroatoms. The van der Waals surface area contributed by atoms with Crippen molar-refractivity contribution in [3.63, 3.8) is 0 Å². The highest BCUT2D eigenvalue weighted by Crippen LogP contribution is 2.04. The summed E-state index contributed by atoms with van der Waals surface area (Å²) < 4.78 is 0. The topological polar surface area (TPSA) is 55.1 Å². The lowest BCUT2D eigenvalue weighted by Gasteiger charge is -1.99. The Labute approximate surface area is 113 Å². The summed E-state index contributed by atoms with van der Waals surface area (Å²) in [6.07, 6.45) is 9.92. The molecule has 0 amide bonds. The Balaban J connectivity index is 0. The molecule has 0 rings (SSSR count). The Morgan fingerprint density at radius 1 is 1.17 bits per heavy atom. The van der Waals surface area contributed by atoms with E-state index in [1.165, 1.54) is 31.3 Å². The van der Waals surface area contributed by atoms with Crippen LogP contribution in [0.15, 0.2) is 12.2 Å². The van der Waals surface area contributed by atoms with Gasteiger partial charge in [0.05, 0.1) is 0 Å². The van der Waals surface area contributed by atoms with Crippen molar-refractivity contribution in [2.45, 2.75) is 58.3 Å². The van der Waals surface area contributed by atoms with Crippen LogP contribution in [0.25, 0.3) is 0 Å². The van der Waals surface area contributed by atoms with Crippen LogP contribution in [0.1, 0.15) is 58.3 Å². The fourth-order valence-electron chi connectivity index (χ4n) is 1.45. The number of carbonyl (C=O) groups excluding carboxylic acids is 1. The Morgan fingerprint density at radius 2 is 1.83 bits per heavy atom. The second-order valence-electron chi connectivity index (χ2n) is 4.68. The van der Waals surface area contributed by atoms with Crippen LogP contribution in [0.3, 0.4) is 0 Å². The van der Waals surface area contributed by atoms with Crippen LogP contribution in [0.5, 0.6) is 0 Å². The molecule has 0 aromatic carbocycles. The minimum atomic E-state index is 0.694. The predicted octanol–water partition coefficient (Wildman–Crippen LogP) is 3.05. The highest BCUT2D eigenvalue weighted by molar-refractivity contribution is 5.48. The van der Waals surface area contributed by atoms with Gasteiger partial charge in [0, 0.05) is 6.42 Å². The number of unbranched alkanes of at least 4 members (excludes halogenated alkanes) is 5. The van der Waals surface area contributed by atoms with Crippen molar-refractivity contribution in [2.75, 3.05) is 20.1 Å². The van der Waals surface area contributed by atoms with Crippen LogP contribution in [-0.2, 0) is 4.79 Å². The SMILES string of the molecule is C=C(C)CCCCCNC.NCCCCCC=O. The molecule has 0 spiro atoms. The predicted molar refractivity (Wildman–Crippen MR) is 80.8 cm³/mol. The zero-order valence-corrected chi connectivity index (χ0v) is 12.3. The quantitative estimate of drug-likeness (QED) is 0.339. The molecule has 0 radical (unpaired) electrons. The molecule has 0 aliphatic heterocycles. The molecular weight excluding hydrogens is 224 g/mol. The molecule has 0 bridgehead atoms. The fraction of sp³-hybridized carbons (Fsp3) is 0.800. The summed E-state index contributed by atoms with van der Waals surface area (Å²) >= 11 is 0. The van der Waals surface area contributed by atoms with Crippen molar-refractivity contribution in [1.29, 1.82) is 0 Å². The van der Waals surface area contributed by atoms with Crippen LogP contribution in [0.2, 0.25) is 0 Å². The average Bonchev–Trinajstić information content (AvgIpc) is 2.35. The highest BCUT2D eigenvalue weighted by atomic mass is 16.1. The third kappa shape index (κ3) is 24.5. The number of carbonyl (C=O) groups is 1. The minimum Gasteiger partial charge on any atom is -0.330 e. The lowest BCUT2D eigenvalue weighted by Crippen LogP contribution is -2.06. The van der Waals surface area contributed by atoms with Gasteiger partial charge in [0.2, 0.25) is 0 Å². The first-order valence-corrected chi connectivity index (χ1v) is 7.11. The largest absolute Gasteiger partial charge is 0.330 e. The van der Waals surface area contributed by atoms with Crippen LogP contribution >= 0.6 is 0 Å². The summed E-state index contributed by atoms with van der Waals surface area (Å²) in [5.41, 5.74) is 6.53. The average molecular weight is 256 g/mol. The van der Waals surface area contributed by atoms with Crippen LogP contribution in [0.4, 0.5) is 0 Å². The highest BCUT2D eigenvalue weighted by Gasteiger charge is 1.88. The second kappa shape index (κ2) is 18.7. The molecule has 0 aromatic heterocycles. The van der Waals surface area contributed by atoms with Crippen molar-refractivity contribution in [2.24, 2.45) is 5.73 Å². The van der Waals surface area contributed by atoms with E-state index in [4.69, 9.17) is 5.73 Å². The summed E-state index contributed by atoms with van der Waals surface area (Å²) in [7, 11) is 2.00. The lowest BCUT2D eigenvalue weighted by atomic mass is 10.1. The Morgan fingerprint density at radius 3 is 2.33 bits per heavy atom. The van der Waals surface area contributed by atoms with Gasteiger partial charge in [0.15, 0.2) is 0 Å². The first-order valence-electron chi connectivity index (χ1n) is 7.11. The first-order chi connectivity index (χ1) is 8.68. The number of rotatable bonds is 11. The maximum atomic E-state index is 9.74. The summed E-state index contributed by atoms with van der Waals surface area (Å²) in [6.45, 7) is 7.85. The normalized spacial score (nSPS) is 9.50. The van der Waals surface area contributed by atoms with Crippen LogP contribution in [0, 0.1) is 0 Å². The number of nitrogens with one attached hydrogen (secondary N) is 1. The van der Waals surface area contributed by atoms with E-state index >= 15 is 0 Å². The summed E-state index contributed by atoms with van der Waals surface area (Å²) in [4.78, 5) is 9.74. The third-order valence-corrected chi connectivity index (χ3v) is 2.56. The number of aldehydes is 1. The number of nitrogens with two attached hydrogens (primary N) is 1. The molecule has 0 fully saturated rings. The first kappa shape index (κ1) is 19.7. The zero-order chi connectivity index (χ0) is 14.1. The molecule has 0 unspecified atom stereocenters. The monoisotopic (exact) mass is 256 g/mol. The second-order valence-corrected chi connectivity index (χ2v) is 4.68. The molecule has 0 atom stereocenters. The zero-order valence-electron chi connectivity index (χ0n) is 12.3. The van der Waals surface area contributed by atoms with E-state index in [1.54, 1.807) is 0 Å². The van der Waals surface area contributed by atoms with Gasteiger partial charge in [-0.05, 0) is 59.2 Å². The van der Waals surface area contributed by atoms with Crippen molar-refractivity contribution < 1.29 is 4.79 Å². The van der Waals surface area contributed by atoms with Gasteiger partial charge < -0.3 is 15.8 Å². The molecule has 0 aliphatic rings. The van der Waals surface area contributed by atoms with E-state index < -0.39 is 0 Å². The summed E-state index contributed by atoms with van der Waals surface area (Å²) in [5.74, 6) is 0. The molecule has 18 heavy (non-hydrogen) atoms. The Bertz CT molecular complexity index is 181. The minimum absolute atomic E-state index is 0.694. The molecule has 0 saturated carbocycles. The molecule has 0 aromatic rings. The third-order valence-electron chi connectivity index (χ3n) is 2.56. The smallest absolute Gasteiger partial charge is 0.119 e. The van der Waals surface area contributed by atoms with Crippen LogP contribution in [-0.4, -0.2) is 26.4 Å². The van der Waals surface area contributed by atoms with Gasteiger partial charge in [-0.2, -0.15) is 0 Å². The number of hydrogen-bond donors (Lipinski definition) is 2. The summed E-state index contributed by atoms with van der Waals surface area (Å²) in [6, 6.07) is 0. The van der Waals surface area contributed by atoms with Crippen molar-refractivity contribution in [3.05, 3.63) is 12.2 Å². The molecule has 0 aliphatic carbocycles. The lowest BCUT2D eigenvalue weighted by molar-refractivity contribution is -0.107. The van der Waals surface area contributed by atoms with Gasteiger partial charge in [-0.3, -0.25) is 0 Å². The molecule has 108 valence electrons. The van der Waals surface area contributed by atoms with E-state index in [1.807, 2.05) is 7.05 Å². The molecule has 3 N–H and O–H groups in total. The van der Waals surface area contributed by atoms with E-state index in [2.05, 4.69) is 18.8 Å². The summed E-state index contributed by atoms with van der Waals surface area (Å²) in [5, 5.41) is 3.13. The van der Waals surface area contributed by atoms with Crippen molar-refractivity contribution in [3.8, 4) is 0 Å². The van der Waals surface area contributed by atoms with Crippen LogP contribution < -0.4 is 11.1 Å². The molecule has 3 nitrogen and oxygen atoms in total. The molecule has 0 saturated heterocycles. The van der Waals surface area contributed by atoms with Gasteiger partial charge in [0.25, 0.3) is 0 Å². The van der Waals surface area contributed by atoms with E-state index in [9.17, 15) is 4.79 Å². The molecular formula is C15H32N2O. The van der Waals surface area contributed by atoms with Gasteiger partial charge in [0.1, 0.15) is 6.29 Å². The molecule has 0 heterocycles. The van der Waals surface area contributed by atoms with Gasteiger partial charge in [-0.1, -0.05) is 18.4 Å². The van der Waals surface area contributed by atoms with E-state index in [0.29, 0.717) is 6.42 Å². The number of allylic oxidation sites excluding steroid dienone is 1. The maximum absolute atomic E-state index is 9.74. The van der Waals surface area contributed by atoms with E-state index in [-0.39, 0.29) is 0 Å². The van der Waals surface area contributed by atoms with Crippen molar-refractivity contribution in [1.82, 2.24) is 5.32 Å². The van der Waals surface area contributed by atoms with Gasteiger partial charge >= 0.3 is 0 Å². The Hall–Kier alpha value is -0.670. The standard InChI is InChI=1S/C9H19N.C6H13NO/c1-9(2)7-5-4-6-8-10-3;7-5-3-1-2-4-6-8/h10H,1,4-8H2,2-3H3;6H,1-5,7H2. The number of hydrogen-bond acceptors (Lipinski definition) is 3. The van der Waals surface area contributed by atoms with Gasteiger partial charge in [-0.15, -0.1) is 6.58 Å². The maximum Gasteiger partial charge on any atom is 0.119 e. The van der Waals surface area contributed by atoms with Gasteiger partial charge in [-0.25, -0.2) is 0 Å². The Kier molecular flexibility index (Phi) is 20.4. The van der Waals surface area contributed by atoms with E-state index in [0.717, 1.165) is 38.6 Å². The fourth-order valence-corrected chi connectivity index (χ4v) is 1.45. The van der Waals surface area contributed by atoms with Crippen molar-refractivity contribution >= 4 is 6.29 Å².